The Bertz CT molecular complexity index is 376. The van der Waals surface area contributed by atoms with E-state index in [9.17, 15) is 4.79 Å². The van der Waals surface area contributed by atoms with Crippen LogP contribution in [0.2, 0.25) is 0 Å². The van der Waals surface area contributed by atoms with Gasteiger partial charge in [-0.25, -0.2) is 9.97 Å². The van der Waals surface area contributed by atoms with Gasteiger partial charge in [0.05, 0.1) is 6.54 Å². The minimum atomic E-state index is 0.669. The first-order valence-electron chi connectivity index (χ1n) is 5.74. The topological polar surface area (TPSA) is 61.4 Å². The van der Waals surface area contributed by atoms with Gasteiger partial charge in [0.25, 0.3) is 0 Å². The van der Waals surface area contributed by atoms with E-state index in [4.69, 9.17) is 0 Å². The molecule has 2 heterocycles. The van der Waals surface area contributed by atoms with E-state index in [0.717, 1.165) is 44.2 Å². The maximum atomic E-state index is 10.6. The van der Waals surface area contributed by atoms with E-state index in [0.29, 0.717) is 6.54 Å². The first-order chi connectivity index (χ1) is 8.33. The van der Waals surface area contributed by atoms with E-state index in [2.05, 4.69) is 20.2 Å². The van der Waals surface area contributed by atoms with Crippen LogP contribution in [0.25, 0.3) is 0 Å². The monoisotopic (exact) mass is 235 g/mol. The molecule has 0 bridgehead atoms. The Kier molecular flexibility index (Phi) is 3.87. The second-order valence-electron chi connectivity index (χ2n) is 3.99. The lowest BCUT2D eigenvalue weighted by molar-refractivity contribution is -0.118. The fourth-order valence-corrected chi connectivity index (χ4v) is 1.86. The third-order valence-corrected chi connectivity index (χ3v) is 2.81. The molecule has 0 atom stereocenters. The van der Waals surface area contributed by atoms with Crippen molar-refractivity contribution < 1.29 is 4.79 Å². The summed E-state index contributed by atoms with van der Waals surface area (Å²) < 4.78 is 0. The molecule has 1 aromatic rings. The fraction of sp³-hybridized carbons (Fsp3) is 0.545. The lowest BCUT2D eigenvalue weighted by Gasteiger charge is -2.33. The number of hydrogen-bond donors (Lipinski definition) is 1. The van der Waals surface area contributed by atoms with E-state index < -0.39 is 0 Å². The number of hydrogen-bond acceptors (Lipinski definition) is 5. The van der Waals surface area contributed by atoms with Gasteiger partial charge in [0, 0.05) is 32.4 Å². The van der Waals surface area contributed by atoms with Crippen molar-refractivity contribution in [3.05, 3.63) is 18.1 Å². The highest BCUT2D eigenvalue weighted by molar-refractivity contribution is 5.49. The largest absolute Gasteiger partial charge is 0.353 e. The minimum absolute atomic E-state index is 0.669. The Morgan fingerprint density at radius 1 is 1.41 bits per heavy atom. The van der Waals surface area contributed by atoms with Crippen LogP contribution < -0.4 is 10.2 Å². The van der Waals surface area contributed by atoms with Gasteiger partial charge in [-0.2, -0.15) is 0 Å². The summed E-state index contributed by atoms with van der Waals surface area (Å²) in [6.07, 6.45) is 2.69. The smallest absolute Gasteiger partial charge is 0.209 e. The van der Waals surface area contributed by atoms with Gasteiger partial charge < -0.3 is 15.1 Å². The van der Waals surface area contributed by atoms with Gasteiger partial charge in [0.15, 0.2) is 0 Å². The number of nitrogens with one attached hydrogen (secondary N) is 1. The van der Waals surface area contributed by atoms with Crippen molar-refractivity contribution in [1.82, 2.24) is 20.2 Å². The summed E-state index contributed by atoms with van der Waals surface area (Å²) >= 11 is 0. The molecule has 1 aliphatic rings. The molecule has 1 aliphatic heterocycles. The molecule has 17 heavy (non-hydrogen) atoms. The van der Waals surface area contributed by atoms with Crippen LogP contribution in [-0.2, 0) is 11.3 Å². The fourth-order valence-electron chi connectivity index (χ4n) is 1.86. The van der Waals surface area contributed by atoms with Crippen LogP contribution >= 0.6 is 0 Å². The van der Waals surface area contributed by atoms with Gasteiger partial charge >= 0.3 is 0 Å². The maximum absolute atomic E-state index is 10.6. The number of nitrogens with zero attached hydrogens (tertiary/aromatic N) is 4. The molecule has 92 valence electrons. The summed E-state index contributed by atoms with van der Waals surface area (Å²) in [7, 11) is 1.87. The summed E-state index contributed by atoms with van der Waals surface area (Å²) in [5.41, 5.74) is 0. The molecule has 1 saturated heterocycles. The molecule has 0 aliphatic carbocycles. The lowest BCUT2D eigenvalue weighted by atomic mass is 10.3. The first-order valence-corrected chi connectivity index (χ1v) is 5.74. The van der Waals surface area contributed by atoms with Gasteiger partial charge in [-0.1, -0.05) is 0 Å². The average molecular weight is 235 g/mol. The highest BCUT2D eigenvalue weighted by atomic mass is 16.1. The Balaban J connectivity index is 2.02. The Labute approximate surface area is 101 Å². The van der Waals surface area contributed by atoms with Gasteiger partial charge in [-0.05, 0) is 13.1 Å². The molecule has 0 spiro atoms. The molecule has 0 unspecified atom stereocenters. The van der Waals surface area contributed by atoms with E-state index in [1.54, 1.807) is 11.1 Å². The van der Waals surface area contributed by atoms with Crippen LogP contribution in [0.15, 0.2) is 12.3 Å². The number of amides is 1. The normalized spacial score (nSPS) is 16.1. The van der Waals surface area contributed by atoms with Crippen molar-refractivity contribution in [2.24, 2.45) is 0 Å². The van der Waals surface area contributed by atoms with Crippen molar-refractivity contribution in [2.45, 2.75) is 6.54 Å². The van der Waals surface area contributed by atoms with Gasteiger partial charge in [-0.3, -0.25) is 4.79 Å². The Hall–Kier alpha value is -1.69. The van der Waals surface area contributed by atoms with Gasteiger partial charge in [0.2, 0.25) is 6.41 Å². The molecule has 1 N–H and O–H groups in total. The third-order valence-electron chi connectivity index (χ3n) is 2.81. The SMILES string of the molecule is CNCc1nccc(N2CCN(C=O)CC2)n1. The first kappa shape index (κ1) is 11.8. The Morgan fingerprint density at radius 2 is 2.18 bits per heavy atom. The van der Waals surface area contributed by atoms with Crippen molar-refractivity contribution in [3.8, 4) is 0 Å². The number of carbonyl (C=O) groups excluding carboxylic acids is 1. The predicted octanol–water partition coefficient (Wildman–Crippen LogP) is -0.526. The molecule has 0 radical (unpaired) electrons. The van der Waals surface area contributed by atoms with E-state index in [1.807, 2.05) is 13.1 Å². The summed E-state index contributed by atoms with van der Waals surface area (Å²) in [6, 6.07) is 1.91. The molecule has 1 amide bonds. The van der Waals surface area contributed by atoms with Crippen LogP contribution in [0.3, 0.4) is 0 Å². The van der Waals surface area contributed by atoms with Crippen LogP contribution in [0.5, 0.6) is 0 Å². The van der Waals surface area contributed by atoms with E-state index in [1.165, 1.54) is 0 Å². The molecular weight excluding hydrogens is 218 g/mol. The van der Waals surface area contributed by atoms with Crippen molar-refractivity contribution >= 4 is 12.2 Å². The van der Waals surface area contributed by atoms with Gasteiger partial charge in [0.1, 0.15) is 11.6 Å². The number of carbonyl (C=O) groups is 1. The summed E-state index contributed by atoms with van der Waals surface area (Å²) in [5, 5.41) is 3.03. The summed E-state index contributed by atoms with van der Waals surface area (Å²) in [4.78, 5) is 23.3. The number of anilines is 1. The number of aromatic nitrogens is 2. The van der Waals surface area contributed by atoms with Crippen molar-refractivity contribution in [2.75, 3.05) is 38.1 Å². The van der Waals surface area contributed by atoms with E-state index in [-0.39, 0.29) is 0 Å². The minimum Gasteiger partial charge on any atom is -0.353 e. The molecular formula is C11H17N5O. The maximum Gasteiger partial charge on any atom is 0.209 e. The Morgan fingerprint density at radius 3 is 2.82 bits per heavy atom. The highest BCUT2D eigenvalue weighted by Gasteiger charge is 2.16. The van der Waals surface area contributed by atoms with Crippen LogP contribution in [0, 0.1) is 0 Å². The second-order valence-corrected chi connectivity index (χ2v) is 3.99. The van der Waals surface area contributed by atoms with Crippen LogP contribution in [0.4, 0.5) is 5.82 Å². The zero-order valence-electron chi connectivity index (χ0n) is 9.96. The highest BCUT2D eigenvalue weighted by Crippen LogP contribution is 2.12. The standard InChI is InChI=1S/C11H17N5O/c1-12-8-10-13-3-2-11(14-10)16-6-4-15(9-17)5-7-16/h2-3,9,12H,4-8H2,1H3. The third kappa shape index (κ3) is 2.91. The van der Waals surface area contributed by atoms with Crippen molar-refractivity contribution in [3.63, 3.8) is 0 Å². The molecule has 6 nitrogen and oxygen atoms in total. The molecule has 1 aromatic heterocycles. The second kappa shape index (κ2) is 5.58. The number of piperazine rings is 1. The molecule has 0 aromatic carbocycles. The quantitative estimate of drug-likeness (QED) is 0.711. The zero-order valence-corrected chi connectivity index (χ0v) is 9.96. The molecule has 0 saturated carbocycles. The van der Waals surface area contributed by atoms with Crippen LogP contribution in [-0.4, -0.2) is 54.5 Å². The molecule has 6 heteroatoms. The lowest BCUT2D eigenvalue weighted by Crippen LogP contribution is -2.46. The number of rotatable bonds is 4. The molecule has 1 fully saturated rings. The average Bonchev–Trinajstić information content (AvgIpc) is 2.40. The van der Waals surface area contributed by atoms with Crippen LogP contribution in [0.1, 0.15) is 5.82 Å². The van der Waals surface area contributed by atoms with E-state index >= 15 is 0 Å². The molecule has 2 rings (SSSR count). The van der Waals surface area contributed by atoms with Gasteiger partial charge in [-0.15, -0.1) is 0 Å². The predicted molar refractivity (Wildman–Crippen MR) is 64.6 cm³/mol. The summed E-state index contributed by atoms with van der Waals surface area (Å²) in [5.74, 6) is 1.73. The van der Waals surface area contributed by atoms with Crippen molar-refractivity contribution in [1.29, 1.82) is 0 Å². The summed E-state index contributed by atoms with van der Waals surface area (Å²) in [6.45, 7) is 3.84. The zero-order chi connectivity index (χ0) is 12.1.